The highest BCUT2D eigenvalue weighted by Gasteiger charge is 2.31. The number of anilines is 1. The maximum atomic E-state index is 13.1. The van der Waals surface area contributed by atoms with Crippen molar-refractivity contribution < 1.29 is 37.0 Å². The van der Waals surface area contributed by atoms with Crippen molar-refractivity contribution in [2.75, 3.05) is 25.5 Å². The van der Waals surface area contributed by atoms with Crippen molar-refractivity contribution in [2.45, 2.75) is 70.8 Å². The van der Waals surface area contributed by atoms with Crippen molar-refractivity contribution in [3.05, 3.63) is 102 Å². The second kappa shape index (κ2) is 15.5. The number of ether oxygens (including phenoxy) is 3. The van der Waals surface area contributed by atoms with Crippen molar-refractivity contribution in [3.8, 4) is 17.2 Å². The van der Waals surface area contributed by atoms with Gasteiger partial charge >= 0.3 is 12.3 Å². The number of amides is 1. The lowest BCUT2D eigenvalue weighted by atomic mass is 10.0. The van der Waals surface area contributed by atoms with Crippen molar-refractivity contribution in [1.29, 1.82) is 0 Å². The van der Waals surface area contributed by atoms with Crippen LogP contribution in [-0.4, -0.2) is 68.4 Å². The fourth-order valence-corrected chi connectivity index (χ4v) is 6.10. The largest absolute Gasteiger partial charge is 0.497 e. The number of ketones is 1. The Hall–Kier alpha value is -5.66. The van der Waals surface area contributed by atoms with E-state index in [9.17, 15) is 22.8 Å². The second-order valence-electron chi connectivity index (χ2n) is 13.9. The number of carbonyl (C=O) groups excluding carboxylic acids is 2. The first-order valence-corrected chi connectivity index (χ1v) is 17.3. The molecule has 0 aliphatic carbocycles. The van der Waals surface area contributed by atoms with E-state index in [1.165, 1.54) is 0 Å². The Morgan fingerprint density at radius 2 is 1.60 bits per heavy atom. The zero-order chi connectivity index (χ0) is 37.8. The molecule has 2 aromatic carbocycles. The molecule has 14 heteroatoms. The van der Waals surface area contributed by atoms with E-state index in [0.717, 1.165) is 42.5 Å². The summed E-state index contributed by atoms with van der Waals surface area (Å²) in [5.41, 5.74) is 0.866. The number of pyridine rings is 2. The SMILES string of the molecule is COc1ccc(Cn2nc(N[C@@H]3CCCN(C(=O)OC(C)(C)C)C3)c3c(Oc4ccc(CC(=O)Cc5cc(C(F)(F)F)ccn5)cc4)ccnc32)cc1. The number of rotatable bonds is 11. The third-order valence-electron chi connectivity index (χ3n) is 8.57. The molecule has 1 saturated heterocycles. The van der Waals surface area contributed by atoms with Gasteiger partial charge in [0.2, 0.25) is 0 Å². The predicted octanol–water partition coefficient (Wildman–Crippen LogP) is 7.86. The molecule has 1 aliphatic rings. The summed E-state index contributed by atoms with van der Waals surface area (Å²) in [4.78, 5) is 36.0. The van der Waals surface area contributed by atoms with Crippen LogP contribution in [0.25, 0.3) is 11.0 Å². The minimum absolute atomic E-state index is 0.0195. The number of Topliss-reactive ketones (excluding diaryl/α,β-unsaturated/α-hetero) is 1. The van der Waals surface area contributed by atoms with E-state index in [0.29, 0.717) is 53.5 Å². The first-order valence-electron chi connectivity index (χ1n) is 17.3. The molecule has 0 saturated carbocycles. The molecule has 0 spiro atoms. The summed E-state index contributed by atoms with van der Waals surface area (Å²) in [6, 6.07) is 18.0. The first-order chi connectivity index (χ1) is 25.2. The van der Waals surface area contributed by atoms with Crippen molar-refractivity contribution >= 4 is 28.7 Å². The molecule has 11 nitrogen and oxygen atoms in total. The molecule has 1 amide bonds. The van der Waals surface area contributed by atoms with E-state index in [4.69, 9.17) is 19.3 Å². The molecule has 4 heterocycles. The smallest absolute Gasteiger partial charge is 0.416 e. The minimum atomic E-state index is -4.51. The molecule has 0 unspecified atom stereocenters. The molecular weight excluding hydrogens is 689 g/mol. The van der Waals surface area contributed by atoms with Crippen molar-refractivity contribution in [1.82, 2.24) is 24.6 Å². The standard InChI is InChI=1S/C39H41F3N6O5/c1-38(2,3)53-37(50)47-19-5-6-28(24-47)45-35-34-33(16-18-44-36(34)48(46-35)23-26-9-11-31(51-4)12-10-26)52-32-13-7-25(8-14-32)20-30(49)22-29-21-27(15-17-43-29)39(40,41)42/h7-18,21,28H,5-6,19-20,22-24H2,1-4H3,(H,45,46)/t28-/m1/s1. The average molecular weight is 731 g/mol. The summed E-state index contributed by atoms with van der Waals surface area (Å²) in [7, 11) is 1.62. The van der Waals surface area contributed by atoms with E-state index in [1.54, 1.807) is 53.2 Å². The second-order valence-corrected chi connectivity index (χ2v) is 13.9. The number of alkyl halides is 3. The van der Waals surface area contributed by atoms with E-state index in [1.807, 2.05) is 45.0 Å². The van der Waals surface area contributed by atoms with E-state index >= 15 is 0 Å². The van der Waals surface area contributed by atoms with Gasteiger partial charge in [0.05, 0.1) is 19.2 Å². The van der Waals surface area contributed by atoms with Crippen LogP contribution in [0.3, 0.4) is 0 Å². The molecule has 0 bridgehead atoms. The van der Waals surface area contributed by atoms with Crippen molar-refractivity contribution in [3.63, 3.8) is 0 Å². The van der Waals surface area contributed by atoms with Gasteiger partial charge in [0.15, 0.2) is 11.5 Å². The van der Waals surface area contributed by atoms with Crippen LogP contribution in [0.2, 0.25) is 0 Å². The summed E-state index contributed by atoms with van der Waals surface area (Å²) < 4.78 is 58.4. The van der Waals surface area contributed by atoms with Crippen LogP contribution in [0.15, 0.2) is 79.1 Å². The maximum absolute atomic E-state index is 13.1. The maximum Gasteiger partial charge on any atom is 0.416 e. The number of aromatic nitrogens is 4. The third kappa shape index (κ3) is 9.62. The molecule has 1 fully saturated rings. The molecule has 53 heavy (non-hydrogen) atoms. The number of halogens is 3. The Kier molecular flexibility index (Phi) is 10.9. The van der Waals surface area contributed by atoms with Gasteiger partial charge in [-0.25, -0.2) is 14.5 Å². The van der Waals surface area contributed by atoms with Gasteiger partial charge in [0.25, 0.3) is 0 Å². The molecule has 1 N–H and O–H groups in total. The average Bonchev–Trinajstić information content (AvgIpc) is 3.45. The molecule has 0 radical (unpaired) electrons. The Labute approximate surface area is 305 Å². The van der Waals surface area contributed by atoms with Crippen LogP contribution >= 0.6 is 0 Å². The summed E-state index contributed by atoms with van der Waals surface area (Å²) in [6.07, 6.45) is -0.765. The summed E-state index contributed by atoms with van der Waals surface area (Å²) in [5, 5.41) is 9.16. The predicted molar refractivity (Wildman–Crippen MR) is 192 cm³/mol. The quantitative estimate of drug-likeness (QED) is 0.145. The lowest BCUT2D eigenvalue weighted by molar-refractivity contribution is -0.137. The minimum Gasteiger partial charge on any atom is -0.497 e. The molecule has 278 valence electrons. The number of nitrogens with one attached hydrogen (secondary N) is 1. The lowest BCUT2D eigenvalue weighted by Gasteiger charge is -2.34. The lowest BCUT2D eigenvalue weighted by Crippen LogP contribution is -2.47. The number of nitrogens with zero attached hydrogens (tertiary/aromatic N) is 5. The number of likely N-dealkylation sites (tertiary alicyclic amines) is 1. The molecule has 3 aromatic heterocycles. The fourth-order valence-electron chi connectivity index (χ4n) is 6.10. The van der Waals surface area contributed by atoms with Crippen LogP contribution < -0.4 is 14.8 Å². The molecule has 5 aromatic rings. The van der Waals surface area contributed by atoms with Gasteiger partial charge in [-0.05, 0) is 81.1 Å². The highest BCUT2D eigenvalue weighted by molar-refractivity contribution is 5.93. The van der Waals surface area contributed by atoms with Crippen molar-refractivity contribution in [2.24, 2.45) is 0 Å². The third-order valence-corrected chi connectivity index (χ3v) is 8.57. The number of piperidine rings is 1. The van der Waals surface area contributed by atoms with Gasteiger partial charge in [-0.3, -0.25) is 9.78 Å². The molecule has 1 atom stereocenters. The van der Waals surface area contributed by atoms with Crippen LogP contribution in [0, 0.1) is 0 Å². The fraction of sp³-hybridized carbons (Fsp3) is 0.359. The van der Waals surface area contributed by atoms with Crippen LogP contribution in [0.1, 0.15) is 56.0 Å². The highest BCUT2D eigenvalue weighted by atomic mass is 19.4. The number of hydrogen-bond donors (Lipinski definition) is 1. The van der Waals surface area contributed by atoms with E-state index in [2.05, 4.69) is 15.3 Å². The highest BCUT2D eigenvalue weighted by Crippen LogP contribution is 2.36. The molecule has 1 aliphatic heterocycles. The monoisotopic (exact) mass is 730 g/mol. The Morgan fingerprint density at radius 3 is 2.30 bits per heavy atom. The Bertz CT molecular complexity index is 2060. The van der Waals surface area contributed by atoms with Crippen LogP contribution in [0.4, 0.5) is 23.8 Å². The van der Waals surface area contributed by atoms with E-state index in [-0.39, 0.29) is 36.5 Å². The normalized spacial score (nSPS) is 14.9. The number of hydrogen-bond acceptors (Lipinski definition) is 9. The number of benzene rings is 2. The van der Waals surface area contributed by atoms with Gasteiger partial charge < -0.3 is 24.4 Å². The van der Waals surface area contributed by atoms with Crippen LogP contribution in [-0.2, 0) is 35.1 Å². The van der Waals surface area contributed by atoms with Gasteiger partial charge in [-0.2, -0.15) is 18.3 Å². The van der Waals surface area contributed by atoms with Gasteiger partial charge in [-0.15, -0.1) is 0 Å². The van der Waals surface area contributed by atoms with Gasteiger partial charge in [0, 0.05) is 56.1 Å². The molecular formula is C39H41F3N6O5. The number of carbonyl (C=O) groups is 2. The summed E-state index contributed by atoms with van der Waals surface area (Å²) in [5.74, 6) is 2.02. The van der Waals surface area contributed by atoms with E-state index < -0.39 is 17.3 Å². The molecule has 6 rings (SSSR count). The van der Waals surface area contributed by atoms with Gasteiger partial charge in [0.1, 0.15) is 34.0 Å². The first kappa shape index (κ1) is 37.1. The Morgan fingerprint density at radius 1 is 0.906 bits per heavy atom. The van der Waals surface area contributed by atoms with Crippen LogP contribution in [0.5, 0.6) is 17.2 Å². The summed E-state index contributed by atoms with van der Waals surface area (Å²) in [6.45, 7) is 6.98. The Balaban J connectivity index is 1.22. The number of methoxy groups -OCH3 is 1. The topological polar surface area (TPSA) is 121 Å². The van der Waals surface area contributed by atoms with Gasteiger partial charge in [-0.1, -0.05) is 24.3 Å². The summed E-state index contributed by atoms with van der Waals surface area (Å²) >= 11 is 0. The number of fused-ring (bicyclic) bond motifs is 1. The zero-order valence-electron chi connectivity index (χ0n) is 29.9. The zero-order valence-corrected chi connectivity index (χ0v) is 29.9.